The Kier molecular flexibility index (Phi) is 5.78. The standard InChI is InChI=1S/C21H22F3N5O4S/c1-4-29-15(21(22,23)24)9-13-17(20(29)31)28(3)18(27-13)16-14(34(32,33)5-2)8-11(10-25-16)19(30)26-12-6-7-12/h8-10,12H,4-7H2,1-3H3,(H,26,30). The van der Waals surface area contributed by atoms with Crippen LogP contribution in [-0.2, 0) is 29.6 Å². The van der Waals surface area contributed by atoms with Crippen molar-refractivity contribution < 1.29 is 26.4 Å². The summed E-state index contributed by atoms with van der Waals surface area (Å²) in [6.45, 7) is 2.61. The second kappa shape index (κ2) is 8.22. The molecule has 13 heteroatoms. The minimum absolute atomic E-state index is 0.0362. The largest absolute Gasteiger partial charge is 0.431 e. The first-order valence-electron chi connectivity index (χ1n) is 10.6. The van der Waals surface area contributed by atoms with Crippen molar-refractivity contribution in [3.05, 3.63) is 39.9 Å². The number of fused-ring (bicyclic) bond motifs is 1. The molecule has 0 aliphatic heterocycles. The summed E-state index contributed by atoms with van der Waals surface area (Å²) >= 11 is 0. The van der Waals surface area contributed by atoms with Crippen LogP contribution in [0.25, 0.3) is 22.6 Å². The van der Waals surface area contributed by atoms with E-state index in [4.69, 9.17) is 0 Å². The predicted octanol–water partition coefficient (Wildman–Crippen LogP) is 2.52. The maximum Gasteiger partial charge on any atom is 0.431 e. The number of nitrogens with one attached hydrogen (secondary N) is 1. The van der Waals surface area contributed by atoms with Crippen molar-refractivity contribution in [3.8, 4) is 11.5 Å². The Balaban J connectivity index is 1.96. The van der Waals surface area contributed by atoms with Crippen LogP contribution in [0.1, 0.15) is 42.7 Å². The molecule has 34 heavy (non-hydrogen) atoms. The number of imidazole rings is 1. The average Bonchev–Trinajstić information content (AvgIpc) is 3.53. The van der Waals surface area contributed by atoms with Gasteiger partial charge >= 0.3 is 6.18 Å². The molecule has 1 aliphatic carbocycles. The van der Waals surface area contributed by atoms with Gasteiger partial charge in [0.25, 0.3) is 11.5 Å². The zero-order valence-electron chi connectivity index (χ0n) is 18.6. The summed E-state index contributed by atoms with van der Waals surface area (Å²) in [5.74, 6) is -0.879. The van der Waals surface area contributed by atoms with Crippen LogP contribution in [0.3, 0.4) is 0 Å². The number of aromatic nitrogens is 4. The molecule has 0 atom stereocenters. The van der Waals surface area contributed by atoms with E-state index in [0.717, 1.165) is 18.9 Å². The van der Waals surface area contributed by atoms with Crippen molar-refractivity contribution in [3.63, 3.8) is 0 Å². The molecule has 182 valence electrons. The van der Waals surface area contributed by atoms with Crippen LogP contribution in [0.5, 0.6) is 0 Å². The Morgan fingerprint density at radius 1 is 1.24 bits per heavy atom. The van der Waals surface area contributed by atoms with E-state index in [0.29, 0.717) is 4.57 Å². The first-order chi connectivity index (χ1) is 15.9. The van der Waals surface area contributed by atoms with Crippen LogP contribution in [0, 0.1) is 0 Å². The number of hydrogen-bond acceptors (Lipinski definition) is 6. The van der Waals surface area contributed by atoms with Gasteiger partial charge in [0.2, 0.25) is 0 Å². The van der Waals surface area contributed by atoms with Crippen molar-refractivity contribution >= 4 is 26.8 Å². The maximum absolute atomic E-state index is 13.5. The smallest absolute Gasteiger partial charge is 0.349 e. The van der Waals surface area contributed by atoms with Crippen LogP contribution < -0.4 is 10.9 Å². The molecular weight excluding hydrogens is 475 g/mol. The minimum atomic E-state index is -4.79. The molecule has 1 fully saturated rings. The summed E-state index contributed by atoms with van der Waals surface area (Å²) in [6, 6.07) is 1.99. The summed E-state index contributed by atoms with van der Waals surface area (Å²) in [5.41, 5.74) is -2.54. The Morgan fingerprint density at radius 3 is 2.47 bits per heavy atom. The van der Waals surface area contributed by atoms with Crippen LogP contribution in [-0.4, -0.2) is 45.2 Å². The minimum Gasteiger partial charge on any atom is -0.349 e. The molecule has 1 aliphatic rings. The molecular formula is C21H22F3N5O4S. The van der Waals surface area contributed by atoms with Crippen molar-refractivity contribution in [1.29, 1.82) is 0 Å². The normalized spacial score (nSPS) is 14.5. The SMILES string of the molecule is CCn1c(C(F)(F)F)cc2nc(-c3ncc(C(=O)NC4CC4)cc3S(=O)(=O)CC)n(C)c2c1=O. The Morgan fingerprint density at radius 2 is 1.91 bits per heavy atom. The quantitative estimate of drug-likeness (QED) is 0.560. The van der Waals surface area contributed by atoms with Gasteiger partial charge in [0.05, 0.1) is 21.7 Å². The van der Waals surface area contributed by atoms with E-state index < -0.39 is 33.2 Å². The highest BCUT2D eigenvalue weighted by molar-refractivity contribution is 7.91. The van der Waals surface area contributed by atoms with Gasteiger partial charge in [-0.15, -0.1) is 0 Å². The van der Waals surface area contributed by atoms with Crippen LogP contribution in [0.15, 0.2) is 28.0 Å². The lowest BCUT2D eigenvalue weighted by molar-refractivity contribution is -0.144. The third-order valence-electron chi connectivity index (χ3n) is 5.70. The summed E-state index contributed by atoms with van der Waals surface area (Å²) in [4.78, 5) is 33.4. The fourth-order valence-corrected chi connectivity index (χ4v) is 4.76. The van der Waals surface area contributed by atoms with E-state index in [1.54, 1.807) is 0 Å². The second-order valence-electron chi connectivity index (χ2n) is 8.03. The molecule has 0 aromatic carbocycles. The van der Waals surface area contributed by atoms with Gasteiger partial charge in [-0.3, -0.25) is 14.6 Å². The van der Waals surface area contributed by atoms with E-state index in [2.05, 4.69) is 15.3 Å². The predicted molar refractivity (Wildman–Crippen MR) is 117 cm³/mol. The Bertz CT molecular complexity index is 1470. The lowest BCUT2D eigenvalue weighted by Gasteiger charge is -2.14. The number of amides is 1. The molecule has 1 saturated carbocycles. The fraction of sp³-hybridized carbons (Fsp3) is 0.429. The number of hydrogen-bond donors (Lipinski definition) is 1. The number of alkyl halides is 3. The zero-order valence-corrected chi connectivity index (χ0v) is 19.4. The molecule has 9 nitrogen and oxygen atoms in total. The number of halogens is 3. The second-order valence-corrected chi connectivity index (χ2v) is 10.3. The summed E-state index contributed by atoms with van der Waals surface area (Å²) < 4.78 is 68.1. The van der Waals surface area contributed by atoms with Crippen LogP contribution in [0.2, 0.25) is 0 Å². The first-order valence-corrected chi connectivity index (χ1v) is 12.3. The molecule has 0 saturated heterocycles. The molecule has 0 spiro atoms. The van der Waals surface area contributed by atoms with Crippen molar-refractivity contribution in [2.24, 2.45) is 7.05 Å². The molecule has 3 aromatic rings. The maximum atomic E-state index is 13.5. The Hall–Kier alpha value is -3.22. The molecule has 3 aromatic heterocycles. The number of sulfone groups is 1. The van der Waals surface area contributed by atoms with Crippen molar-refractivity contribution in [2.45, 2.75) is 50.3 Å². The zero-order chi connectivity index (χ0) is 25.0. The number of carbonyl (C=O) groups is 1. The van der Waals surface area contributed by atoms with E-state index in [-0.39, 0.29) is 51.4 Å². The van der Waals surface area contributed by atoms with E-state index in [9.17, 15) is 31.2 Å². The van der Waals surface area contributed by atoms with Crippen molar-refractivity contribution in [2.75, 3.05) is 5.75 Å². The highest BCUT2D eigenvalue weighted by Gasteiger charge is 2.36. The van der Waals surface area contributed by atoms with Gasteiger partial charge in [-0.2, -0.15) is 13.2 Å². The number of nitrogens with zero attached hydrogens (tertiary/aromatic N) is 4. The topological polar surface area (TPSA) is 116 Å². The highest BCUT2D eigenvalue weighted by Crippen LogP contribution is 2.33. The lowest BCUT2D eigenvalue weighted by Crippen LogP contribution is -2.28. The lowest BCUT2D eigenvalue weighted by atomic mass is 10.2. The molecule has 1 N–H and O–H groups in total. The van der Waals surface area contributed by atoms with Crippen LogP contribution in [0.4, 0.5) is 13.2 Å². The molecule has 3 heterocycles. The highest BCUT2D eigenvalue weighted by atomic mass is 32.2. The van der Waals surface area contributed by atoms with Gasteiger partial charge in [0, 0.05) is 25.8 Å². The average molecular weight is 497 g/mol. The molecule has 4 rings (SSSR count). The van der Waals surface area contributed by atoms with Gasteiger partial charge < -0.3 is 14.5 Å². The molecule has 0 unspecified atom stereocenters. The monoisotopic (exact) mass is 497 g/mol. The number of carbonyl (C=O) groups excluding carboxylic acids is 1. The summed E-state index contributed by atoms with van der Waals surface area (Å²) in [6.07, 6.45) is -1.92. The van der Waals surface area contributed by atoms with E-state index in [1.807, 2.05) is 0 Å². The van der Waals surface area contributed by atoms with E-state index >= 15 is 0 Å². The van der Waals surface area contributed by atoms with Crippen molar-refractivity contribution in [1.82, 2.24) is 24.4 Å². The fourth-order valence-electron chi connectivity index (χ4n) is 3.70. The Labute approximate surface area is 192 Å². The van der Waals surface area contributed by atoms with Gasteiger partial charge in [-0.25, -0.2) is 13.4 Å². The number of pyridine rings is 2. The summed E-state index contributed by atoms with van der Waals surface area (Å²) in [5, 5.41) is 2.75. The number of rotatable bonds is 6. The third-order valence-corrected chi connectivity index (χ3v) is 7.44. The number of aryl methyl sites for hydroxylation is 1. The van der Waals surface area contributed by atoms with E-state index in [1.165, 1.54) is 37.7 Å². The third kappa shape index (κ3) is 4.08. The molecule has 1 amide bonds. The van der Waals surface area contributed by atoms with Gasteiger partial charge in [-0.1, -0.05) is 6.92 Å². The first kappa shape index (κ1) is 23.9. The summed E-state index contributed by atoms with van der Waals surface area (Å²) in [7, 11) is -2.51. The van der Waals surface area contributed by atoms with Gasteiger partial charge in [-0.05, 0) is 31.9 Å². The molecule has 0 bridgehead atoms. The van der Waals surface area contributed by atoms with Gasteiger partial charge in [0.15, 0.2) is 15.7 Å². The molecule has 0 radical (unpaired) electrons. The van der Waals surface area contributed by atoms with Crippen LogP contribution >= 0.6 is 0 Å². The van der Waals surface area contributed by atoms with Gasteiger partial charge in [0.1, 0.15) is 16.9 Å².